The highest BCUT2D eigenvalue weighted by atomic mass is 35.5. The fourth-order valence-electron chi connectivity index (χ4n) is 5.15. The lowest BCUT2D eigenvalue weighted by atomic mass is 9.97. The minimum Gasteiger partial charge on any atom is -0.497 e. The number of halogens is 1. The maximum atomic E-state index is 14.2. The van der Waals surface area contributed by atoms with E-state index >= 15 is 0 Å². The standard InChI is InChI=1S/C31H28ClN3O4/c1-38-24-14-8-21(9-15-24)31-28-7-4-18-33(28)26-5-2-3-6-27(26)35(31)29(36)19-34(23-12-13-23)30(37)20-39-25-16-10-22(32)11-17-25/h2-11,14-18,23,31H,12-13,19-20H2,1H3. The van der Waals surface area contributed by atoms with Gasteiger partial charge in [-0.2, -0.15) is 0 Å². The number of aromatic nitrogens is 1. The lowest BCUT2D eigenvalue weighted by Gasteiger charge is -2.39. The Morgan fingerprint density at radius 3 is 2.28 bits per heavy atom. The summed E-state index contributed by atoms with van der Waals surface area (Å²) in [5.74, 6) is 0.937. The van der Waals surface area contributed by atoms with E-state index in [9.17, 15) is 9.59 Å². The molecule has 198 valence electrons. The molecule has 2 heterocycles. The highest BCUT2D eigenvalue weighted by molar-refractivity contribution is 6.30. The SMILES string of the molecule is COc1ccc(C2c3cccn3-c3ccccc3N2C(=O)CN(C(=O)COc2ccc(Cl)cc2)C2CC2)cc1. The van der Waals surface area contributed by atoms with Gasteiger partial charge in [-0.25, -0.2) is 0 Å². The first-order valence-electron chi connectivity index (χ1n) is 12.9. The van der Waals surface area contributed by atoms with Gasteiger partial charge in [0.05, 0.1) is 24.2 Å². The van der Waals surface area contributed by atoms with E-state index in [1.54, 1.807) is 36.3 Å². The predicted molar refractivity (Wildman–Crippen MR) is 150 cm³/mol. The molecule has 7 nitrogen and oxygen atoms in total. The van der Waals surface area contributed by atoms with Gasteiger partial charge in [-0.05, 0) is 79.1 Å². The van der Waals surface area contributed by atoms with Crippen LogP contribution in [0.1, 0.15) is 30.1 Å². The van der Waals surface area contributed by atoms with Crippen LogP contribution < -0.4 is 14.4 Å². The van der Waals surface area contributed by atoms with E-state index in [4.69, 9.17) is 21.1 Å². The molecule has 4 aromatic rings. The van der Waals surface area contributed by atoms with Gasteiger partial charge in [0.25, 0.3) is 5.91 Å². The summed E-state index contributed by atoms with van der Waals surface area (Å²) < 4.78 is 13.2. The molecule has 1 saturated carbocycles. The fourth-order valence-corrected chi connectivity index (χ4v) is 5.28. The zero-order valence-electron chi connectivity index (χ0n) is 21.5. The van der Waals surface area contributed by atoms with Crippen LogP contribution in [0.15, 0.2) is 91.1 Å². The molecular formula is C31H28ClN3O4. The third-order valence-corrected chi connectivity index (χ3v) is 7.46. The molecule has 1 aliphatic heterocycles. The molecule has 1 fully saturated rings. The molecule has 0 radical (unpaired) electrons. The number of methoxy groups -OCH3 is 1. The number of para-hydroxylation sites is 2. The summed E-state index contributed by atoms with van der Waals surface area (Å²) in [5.41, 5.74) is 3.65. The molecule has 0 bridgehead atoms. The molecule has 3 aromatic carbocycles. The second kappa shape index (κ2) is 10.5. The van der Waals surface area contributed by atoms with Crippen LogP contribution in [0, 0.1) is 0 Å². The number of anilines is 1. The molecule has 0 spiro atoms. The van der Waals surface area contributed by atoms with E-state index in [1.807, 2.05) is 71.8 Å². The van der Waals surface area contributed by atoms with Crippen LogP contribution in [-0.4, -0.2) is 47.6 Å². The van der Waals surface area contributed by atoms with Gasteiger partial charge < -0.3 is 18.9 Å². The second-order valence-corrected chi connectivity index (χ2v) is 10.2. The monoisotopic (exact) mass is 541 g/mol. The third-order valence-electron chi connectivity index (χ3n) is 7.21. The van der Waals surface area contributed by atoms with Crippen molar-refractivity contribution in [1.29, 1.82) is 0 Å². The van der Waals surface area contributed by atoms with Crippen molar-refractivity contribution in [3.63, 3.8) is 0 Å². The number of hydrogen-bond acceptors (Lipinski definition) is 4. The Balaban J connectivity index is 1.30. The Hall–Kier alpha value is -4.23. The van der Waals surface area contributed by atoms with E-state index in [-0.39, 0.29) is 37.0 Å². The second-order valence-electron chi connectivity index (χ2n) is 9.73. The summed E-state index contributed by atoms with van der Waals surface area (Å²) in [5, 5.41) is 0.596. The van der Waals surface area contributed by atoms with Crippen LogP contribution >= 0.6 is 11.6 Å². The molecule has 2 aliphatic rings. The topological polar surface area (TPSA) is 64.0 Å². The Kier molecular flexibility index (Phi) is 6.75. The van der Waals surface area contributed by atoms with E-state index in [2.05, 4.69) is 4.57 Å². The first-order chi connectivity index (χ1) is 19.0. The highest BCUT2D eigenvalue weighted by Gasteiger charge is 2.40. The minimum atomic E-state index is -0.366. The maximum Gasteiger partial charge on any atom is 0.261 e. The van der Waals surface area contributed by atoms with Crippen LogP contribution in [0.4, 0.5) is 5.69 Å². The zero-order chi connectivity index (χ0) is 26.9. The number of carbonyl (C=O) groups excluding carboxylic acids is 2. The quantitative estimate of drug-likeness (QED) is 0.289. The number of benzene rings is 3. The van der Waals surface area contributed by atoms with Gasteiger partial charge in [-0.15, -0.1) is 0 Å². The van der Waals surface area contributed by atoms with Crippen LogP contribution in [0.25, 0.3) is 5.69 Å². The number of amides is 2. The Morgan fingerprint density at radius 2 is 1.59 bits per heavy atom. The Labute approximate surface area is 232 Å². The molecule has 8 heteroatoms. The fraction of sp³-hybridized carbons (Fsp3) is 0.226. The number of hydrogen-bond donors (Lipinski definition) is 0. The lowest BCUT2D eigenvalue weighted by molar-refractivity contribution is -0.137. The molecule has 0 N–H and O–H groups in total. The van der Waals surface area contributed by atoms with Crippen molar-refractivity contribution in [2.75, 3.05) is 25.2 Å². The summed E-state index contributed by atoms with van der Waals surface area (Å²) >= 11 is 5.96. The van der Waals surface area contributed by atoms with Crippen molar-refractivity contribution in [2.45, 2.75) is 24.9 Å². The van der Waals surface area contributed by atoms with E-state index in [0.717, 1.165) is 41.2 Å². The Morgan fingerprint density at radius 1 is 0.897 bits per heavy atom. The molecule has 1 aromatic heterocycles. The molecule has 39 heavy (non-hydrogen) atoms. The summed E-state index contributed by atoms with van der Waals surface area (Å²) in [6.07, 6.45) is 3.77. The van der Waals surface area contributed by atoms with Crippen molar-refractivity contribution in [2.24, 2.45) is 0 Å². The van der Waals surface area contributed by atoms with Gasteiger partial charge in [-0.1, -0.05) is 35.9 Å². The first-order valence-corrected chi connectivity index (χ1v) is 13.3. The van der Waals surface area contributed by atoms with E-state index in [0.29, 0.717) is 10.8 Å². The van der Waals surface area contributed by atoms with Crippen LogP contribution in [0.3, 0.4) is 0 Å². The smallest absolute Gasteiger partial charge is 0.261 e. The summed E-state index contributed by atoms with van der Waals surface area (Å²) in [4.78, 5) is 31.0. The summed E-state index contributed by atoms with van der Waals surface area (Å²) in [6, 6.07) is 26.2. The molecular weight excluding hydrogens is 514 g/mol. The van der Waals surface area contributed by atoms with Crippen molar-refractivity contribution >= 4 is 29.1 Å². The third kappa shape index (κ3) is 4.98. The molecule has 1 unspecified atom stereocenters. The maximum absolute atomic E-state index is 14.2. The minimum absolute atomic E-state index is 0.0326. The number of rotatable bonds is 8. The summed E-state index contributed by atoms with van der Waals surface area (Å²) in [7, 11) is 1.63. The molecule has 1 aliphatic carbocycles. The van der Waals surface area contributed by atoms with Crippen molar-refractivity contribution < 1.29 is 19.1 Å². The van der Waals surface area contributed by atoms with Crippen molar-refractivity contribution in [1.82, 2.24) is 9.47 Å². The molecule has 2 amide bonds. The largest absolute Gasteiger partial charge is 0.497 e. The Bertz CT molecular complexity index is 1500. The lowest BCUT2D eigenvalue weighted by Crippen LogP contribution is -2.48. The van der Waals surface area contributed by atoms with Crippen LogP contribution in [0.5, 0.6) is 11.5 Å². The first kappa shape index (κ1) is 25.1. The van der Waals surface area contributed by atoms with Gasteiger partial charge in [0, 0.05) is 17.3 Å². The zero-order valence-corrected chi connectivity index (χ0v) is 22.3. The van der Waals surface area contributed by atoms with Crippen LogP contribution in [0.2, 0.25) is 5.02 Å². The van der Waals surface area contributed by atoms with Gasteiger partial charge >= 0.3 is 0 Å². The molecule has 1 atom stereocenters. The van der Waals surface area contributed by atoms with Gasteiger partial charge in [0.1, 0.15) is 24.1 Å². The van der Waals surface area contributed by atoms with E-state index < -0.39 is 0 Å². The van der Waals surface area contributed by atoms with Crippen molar-refractivity contribution in [3.8, 4) is 17.2 Å². The summed E-state index contributed by atoms with van der Waals surface area (Å²) in [6.45, 7) is -0.179. The predicted octanol–water partition coefficient (Wildman–Crippen LogP) is 5.65. The number of ether oxygens (including phenoxy) is 2. The van der Waals surface area contributed by atoms with Crippen molar-refractivity contribution in [3.05, 3.63) is 107 Å². The molecule has 0 saturated heterocycles. The normalized spacial score (nSPS) is 15.7. The van der Waals surface area contributed by atoms with Gasteiger partial charge in [0.2, 0.25) is 5.91 Å². The number of carbonyl (C=O) groups is 2. The van der Waals surface area contributed by atoms with Crippen LogP contribution in [-0.2, 0) is 9.59 Å². The highest BCUT2D eigenvalue weighted by Crippen LogP contribution is 2.43. The number of nitrogens with zero attached hydrogens (tertiary/aromatic N) is 3. The number of fused-ring (bicyclic) bond motifs is 3. The molecule has 6 rings (SSSR count). The van der Waals surface area contributed by atoms with Gasteiger partial charge in [0.15, 0.2) is 6.61 Å². The van der Waals surface area contributed by atoms with E-state index in [1.165, 1.54) is 0 Å². The van der Waals surface area contributed by atoms with Gasteiger partial charge in [-0.3, -0.25) is 14.5 Å². The average molecular weight is 542 g/mol. The average Bonchev–Trinajstić information content (AvgIpc) is 3.69.